The van der Waals surface area contributed by atoms with Crippen molar-refractivity contribution >= 4 is 40.9 Å². The van der Waals surface area contributed by atoms with Crippen molar-refractivity contribution in [3.63, 3.8) is 0 Å². The minimum atomic E-state index is -0.0110. The summed E-state index contributed by atoms with van der Waals surface area (Å²) in [7, 11) is 1.86. The smallest absolute Gasteiger partial charge is 0.251 e. The van der Waals surface area contributed by atoms with E-state index in [2.05, 4.69) is 33.2 Å². The molecule has 0 atom stereocenters. The van der Waals surface area contributed by atoms with Gasteiger partial charge in [-0.15, -0.1) is 12.4 Å². The number of hydrogen-bond donors (Lipinski definition) is 2. The molecular weight excluding hydrogens is 338 g/mol. The molecule has 0 fully saturated rings. The molecule has 0 aromatic heterocycles. The van der Waals surface area contributed by atoms with Crippen LogP contribution in [0.5, 0.6) is 0 Å². The van der Waals surface area contributed by atoms with Crippen molar-refractivity contribution in [3.05, 3.63) is 32.9 Å². The molecule has 1 rings (SSSR count). The first-order valence-corrected chi connectivity index (χ1v) is 5.92. The lowest BCUT2D eigenvalue weighted by molar-refractivity contribution is 0.0954. The second kappa shape index (κ2) is 7.86. The van der Waals surface area contributed by atoms with Gasteiger partial charge in [0.25, 0.3) is 5.91 Å². The summed E-state index contributed by atoms with van der Waals surface area (Å²) in [6.07, 6.45) is 0. The van der Waals surface area contributed by atoms with Crippen molar-refractivity contribution in [2.75, 3.05) is 20.1 Å². The summed E-state index contributed by atoms with van der Waals surface area (Å²) in [5.74, 6) is -0.0110. The number of rotatable bonds is 4. The van der Waals surface area contributed by atoms with Crippen LogP contribution in [0.2, 0.25) is 0 Å². The molecular formula is C11H16ClIN2O. The fourth-order valence-electron chi connectivity index (χ4n) is 1.14. The minimum absolute atomic E-state index is 0. The number of halogens is 2. The Morgan fingerprint density at radius 3 is 2.62 bits per heavy atom. The van der Waals surface area contributed by atoms with E-state index in [-0.39, 0.29) is 18.3 Å². The number of likely N-dealkylation sites (N-methyl/N-ethyl adjacent to an activating group) is 1. The van der Waals surface area contributed by atoms with Gasteiger partial charge in [-0.1, -0.05) is 6.07 Å². The number of benzene rings is 1. The third-order valence-electron chi connectivity index (χ3n) is 2.09. The monoisotopic (exact) mass is 354 g/mol. The van der Waals surface area contributed by atoms with Crippen LogP contribution in [0.4, 0.5) is 0 Å². The van der Waals surface area contributed by atoms with Gasteiger partial charge in [0.15, 0.2) is 0 Å². The number of nitrogens with one attached hydrogen (secondary N) is 2. The highest BCUT2D eigenvalue weighted by Crippen LogP contribution is 2.13. The lowest BCUT2D eigenvalue weighted by atomic mass is 10.1. The molecule has 0 heterocycles. The van der Waals surface area contributed by atoms with E-state index in [0.717, 1.165) is 15.7 Å². The Morgan fingerprint density at radius 2 is 2.06 bits per heavy atom. The van der Waals surface area contributed by atoms with E-state index >= 15 is 0 Å². The second-order valence-corrected chi connectivity index (χ2v) is 4.49. The van der Waals surface area contributed by atoms with Crippen molar-refractivity contribution in [1.82, 2.24) is 10.6 Å². The van der Waals surface area contributed by atoms with Crippen molar-refractivity contribution in [3.8, 4) is 0 Å². The predicted octanol–water partition coefficient (Wildman–Crippen LogP) is 1.97. The van der Waals surface area contributed by atoms with Gasteiger partial charge in [-0.2, -0.15) is 0 Å². The van der Waals surface area contributed by atoms with Crippen LogP contribution in [0.1, 0.15) is 15.9 Å². The summed E-state index contributed by atoms with van der Waals surface area (Å²) >= 11 is 2.24. The fraction of sp³-hybridized carbons (Fsp3) is 0.364. The van der Waals surface area contributed by atoms with Crippen LogP contribution in [0, 0.1) is 10.5 Å². The van der Waals surface area contributed by atoms with Gasteiger partial charge in [-0.25, -0.2) is 0 Å². The summed E-state index contributed by atoms with van der Waals surface area (Å²) in [4.78, 5) is 11.6. The van der Waals surface area contributed by atoms with Crippen molar-refractivity contribution < 1.29 is 4.79 Å². The maximum absolute atomic E-state index is 11.6. The van der Waals surface area contributed by atoms with E-state index in [9.17, 15) is 4.79 Å². The van der Waals surface area contributed by atoms with Crippen molar-refractivity contribution in [2.24, 2.45) is 0 Å². The number of carbonyl (C=O) groups is 1. The molecule has 0 bridgehead atoms. The topological polar surface area (TPSA) is 41.1 Å². The number of aryl methyl sites for hydroxylation is 1. The van der Waals surface area contributed by atoms with E-state index in [4.69, 9.17) is 0 Å². The molecule has 0 aliphatic heterocycles. The average molecular weight is 355 g/mol. The number of carbonyl (C=O) groups excluding carboxylic acids is 1. The summed E-state index contributed by atoms with van der Waals surface area (Å²) in [5.41, 5.74) is 1.92. The van der Waals surface area contributed by atoms with Crippen LogP contribution in [-0.4, -0.2) is 26.0 Å². The van der Waals surface area contributed by atoms with E-state index < -0.39 is 0 Å². The Hall–Kier alpha value is -0.330. The van der Waals surface area contributed by atoms with Crippen molar-refractivity contribution in [2.45, 2.75) is 6.92 Å². The third-order valence-corrected chi connectivity index (χ3v) is 3.26. The molecule has 0 saturated heterocycles. The molecule has 1 aromatic rings. The Labute approximate surface area is 116 Å². The molecule has 0 aliphatic carbocycles. The van der Waals surface area contributed by atoms with Crippen LogP contribution >= 0.6 is 35.0 Å². The van der Waals surface area contributed by atoms with Crippen LogP contribution in [0.15, 0.2) is 18.2 Å². The first-order valence-electron chi connectivity index (χ1n) is 4.84. The fourth-order valence-corrected chi connectivity index (χ4v) is 1.65. The van der Waals surface area contributed by atoms with E-state index in [1.165, 1.54) is 5.56 Å². The molecule has 0 aliphatic rings. The molecule has 5 heteroatoms. The molecule has 2 N–H and O–H groups in total. The largest absolute Gasteiger partial charge is 0.351 e. The summed E-state index contributed by atoms with van der Waals surface area (Å²) < 4.78 is 1.12. The number of amides is 1. The SMILES string of the molecule is CNCCNC(=O)c1ccc(C)c(I)c1.Cl. The molecule has 1 amide bonds. The van der Waals surface area contributed by atoms with Crippen LogP contribution in [0.25, 0.3) is 0 Å². The van der Waals surface area contributed by atoms with Crippen molar-refractivity contribution in [1.29, 1.82) is 0 Å². The third kappa shape index (κ3) is 4.67. The first kappa shape index (κ1) is 15.7. The second-order valence-electron chi connectivity index (χ2n) is 3.32. The molecule has 0 saturated carbocycles. The Balaban J connectivity index is 0.00000225. The van der Waals surface area contributed by atoms with Crippen LogP contribution in [0.3, 0.4) is 0 Å². The zero-order chi connectivity index (χ0) is 11.3. The zero-order valence-corrected chi connectivity index (χ0v) is 12.3. The van der Waals surface area contributed by atoms with Gasteiger partial charge in [0.05, 0.1) is 0 Å². The quantitative estimate of drug-likeness (QED) is 0.641. The highest BCUT2D eigenvalue weighted by atomic mass is 127. The molecule has 1 aromatic carbocycles. The standard InChI is InChI=1S/C11H15IN2O.ClH/c1-8-3-4-9(7-10(8)12)11(15)14-6-5-13-2;/h3-4,7,13H,5-6H2,1-2H3,(H,14,15);1H. The van der Waals surface area contributed by atoms with Gasteiger partial charge in [-0.3, -0.25) is 4.79 Å². The van der Waals surface area contributed by atoms with Gasteiger partial charge in [0, 0.05) is 22.2 Å². The summed E-state index contributed by atoms with van der Waals surface area (Å²) in [6, 6.07) is 5.73. The average Bonchev–Trinajstić information content (AvgIpc) is 2.22. The maximum Gasteiger partial charge on any atom is 0.251 e. The van der Waals surface area contributed by atoms with Gasteiger partial charge in [-0.05, 0) is 54.3 Å². The molecule has 16 heavy (non-hydrogen) atoms. The highest BCUT2D eigenvalue weighted by molar-refractivity contribution is 14.1. The summed E-state index contributed by atoms with van der Waals surface area (Å²) in [5, 5.41) is 5.82. The number of hydrogen-bond acceptors (Lipinski definition) is 2. The molecule has 0 radical (unpaired) electrons. The minimum Gasteiger partial charge on any atom is -0.351 e. The van der Waals surface area contributed by atoms with Crippen LogP contribution < -0.4 is 10.6 Å². The van der Waals surface area contributed by atoms with Gasteiger partial charge >= 0.3 is 0 Å². The molecule has 0 spiro atoms. The van der Waals surface area contributed by atoms with E-state index in [1.54, 1.807) is 0 Å². The summed E-state index contributed by atoms with van der Waals surface area (Å²) in [6.45, 7) is 3.47. The molecule has 90 valence electrons. The Morgan fingerprint density at radius 1 is 1.38 bits per heavy atom. The first-order chi connectivity index (χ1) is 7.15. The molecule has 0 unspecified atom stereocenters. The van der Waals surface area contributed by atoms with Gasteiger partial charge in [0.1, 0.15) is 0 Å². The maximum atomic E-state index is 11.6. The Kier molecular flexibility index (Phi) is 7.70. The normalized spacial score (nSPS) is 9.44. The van der Waals surface area contributed by atoms with Gasteiger partial charge in [0.2, 0.25) is 0 Å². The van der Waals surface area contributed by atoms with E-state index in [1.807, 2.05) is 32.2 Å². The zero-order valence-electron chi connectivity index (χ0n) is 9.34. The highest BCUT2D eigenvalue weighted by Gasteiger charge is 2.05. The van der Waals surface area contributed by atoms with E-state index in [0.29, 0.717) is 6.54 Å². The lowest BCUT2D eigenvalue weighted by Gasteiger charge is -2.06. The predicted molar refractivity (Wildman–Crippen MR) is 77.4 cm³/mol. The molecule has 3 nitrogen and oxygen atoms in total. The van der Waals surface area contributed by atoms with Gasteiger partial charge < -0.3 is 10.6 Å². The lowest BCUT2D eigenvalue weighted by Crippen LogP contribution is -2.30. The Bertz CT molecular complexity index is 358. The van der Waals surface area contributed by atoms with Crippen LogP contribution in [-0.2, 0) is 0 Å².